The van der Waals surface area contributed by atoms with Gasteiger partial charge in [-0.3, -0.25) is 19.3 Å². The highest BCUT2D eigenvalue weighted by Gasteiger charge is 2.55. The lowest BCUT2D eigenvalue weighted by molar-refractivity contribution is -0.256. The minimum Gasteiger partial charge on any atom is -0.507 e. The maximum absolute atomic E-state index is 14.0. The Bertz CT molecular complexity index is 1770. The van der Waals surface area contributed by atoms with E-state index in [0.717, 1.165) is 6.42 Å². The van der Waals surface area contributed by atoms with Crippen LogP contribution in [-0.2, 0) is 34.9 Å². The molecule has 2 aromatic carbocycles. The fourth-order valence-electron chi connectivity index (χ4n) is 8.51. The molecule has 8 rings (SSSR count). The van der Waals surface area contributed by atoms with Gasteiger partial charge in [0.25, 0.3) is 5.91 Å². The summed E-state index contributed by atoms with van der Waals surface area (Å²) in [5.74, 6) is -3.24. The number of nitrogens with two attached hydrogens (primary N) is 1. The molecule has 15 nitrogen and oxygen atoms in total. The van der Waals surface area contributed by atoms with E-state index >= 15 is 0 Å². The smallest absolute Gasteiger partial charge is 0.252 e. The molecule has 0 radical (unpaired) electrons. The molecule has 2 unspecified atom stereocenters. The van der Waals surface area contributed by atoms with Gasteiger partial charge in [0.05, 0.1) is 42.6 Å². The van der Waals surface area contributed by atoms with E-state index in [2.05, 4.69) is 10.2 Å². The Kier molecular flexibility index (Phi) is 8.19. The SMILES string of the molecule is COc1cccc2c1C(=O)c1c(O)c3c(c(O)c1C2=O)C[C@@](O)(C(=O)NC1CCC1N)C[C@@H]3O[C@H]1C[C@H]2[C@H](O[C@@H]3[C@@H](OC)OCCN32)[C@H](C)O1. The number of hydrogen-bond acceptors (Lipinski definition) is 14. The predicted octanol–water partition coefficient (Wildman–Crippen LogP) is 0.756. The number of fused-ring (bicyclic) bond motifs is 6. The van der Waals surface area contributed by atoms with Crippen LogP contribution in [0.15, 0.2) is 18.2 Å². The number of phenols is 2. The number of nitrogens with one attached hydrogen (secondary N) is 1. The number of phenolic OH excluding ortho intramolecular Hbond substituents is 2. The standard InChI is InChI=1S/C35H41N3O12/c1-14-31-19(38-9-10-47-33(46-3)32(38)50-31)11-22(48-14)49-21-13-35(44,34(43)37-18-8-7-17(18)36)12-16-24(21)30(42)26-25(28(16)40)27(39)15-5-4-6-20(45-2)23(15)29(26)41/h4-6,14,17-19,21-22,31-33,40,42,44H,7-13,36H2,1-3H3,(H,37,43)/t14-,17?,18?,19-,21-,22-,31+,32+,33-,35-/m0/s1. The summed E-state index contributed by atoms with van der Waals surface area (Å²) in [5.41, 5.74) is 2.96. The summed E-state index contributed by atoms with van der Waals surface area (Å²) >= 11 is 0. The Hall–Kier alpha value is -3.67. The van der Waals surface area contributed by atoms with Crippen LogP contribution in [0.5, 0.6) is 17.2 Å². The van der Waals surface area contributed by atoms with E-state index in [1.807, 2.05) is 6.92 Å². The topological polar surface area (TPSA) is 209 Å². The highest BCUT2D eigenvalue weighted by molar-refractivity contribution is 6.31. The second kappa shape index (κ2) is 12.2. The van der Waals surface area contributed by atoms with E-state index in [0.29, 0.717) is 26.0 Å². The summed E-state index contributed by atoms with van der Waals surface area (Å²) in [5, 5.41) is 38.6. The molecule has 4 fully saturated rings. The number of aromatic hydroxyl groups is 2. The number of carbonyl (C=O) groups excluding carboxylic acids is 3. The Labute approximate surface area is 287 Å². The molecule has 1 amide bonds. The molecule has 0 aromatic heterocycles. The zero-order chi connectivity index (χ0) is 35.2. The van der Waals surface area contributed by atoms with Crippen LogP contribution < -0.4 is 15.8 Å². The van der Waals surface area contributed by atoms with Crippen molar-refractivity contribution in [2.24, 2.45) is 5.73 Å². The van der Waals surface area contributed by atoms with Crippen LogP contribution in [0.1, 0.15) is 81.7 Å². The Morgan fingerprint density at radius 2 is 1.86 bits per heavy atom. The minimum atomic E-state index is -2.14. The molecule has 6 N–H and O–H groups in total. The van der Waals surface area contributed by atoms with Gasteiger partial charge in [-0.15, -0.1) is 0 Å². The number of hydrogen-bond donors (Lipinski definition) is 5. The van der Waals surface area contributed by atoms with Crippen LogP contribution in [-0.4, -0.2) is 120 Å². The maximum atomic E-state index is 14.0. The second-order valence-corrected chi connectivity index (χ2v) is 14.0. The Morgan fingerprint density at radius 3 is 2.56 bits per heavy atom. The quantitative estimate of drug-likeness (QED) is 0.226. The predicted molar refractivity (Wildman–Crippen MR) is 171 cm³/mol. The summed E-state index contributed by atoms with van der Waals surface area (Å²) < 4.78 is 35.8. The molecule has 0 spiro atoms. The van der Waals surface area contributed by atoms with Gasteiger partial charge in [0.15, 0.2) is 24.6 Å². The highest BCUT2D eigenvalue weighted by atomic mass is 16.7. The molecule has 0 bridgehead atoms. The van der Waals surface area contributed by atoms with Crippen molar-refractivity contribution in [1.82, 2.24) is 10.2 Å². The molecule has 15 heteroatoms. The van der Waals surface area contributed by atoms with Gasteiger partial charge in [0, 0.05) is 67.7 Å². The van der Waals surface area contributed by atoms with E-state index in [1.165, 1.54) is 19.2 Å². The third-order valence-corrected chi connectivity index (χ3v) is 11.2. The summed E-state index contributed by atoms with van der Waals surface area (Å²) in [7, 11) is 2.91. The van der Waals surface area contributed by atoms with Crippen LogP contribution in [0.4, 0.5) is 0 Å². The zero-order valence-corrected chi connectivity index (χ0v) is 27.9. The lowest BCUT2D eigenvalue weighted by Gasteiger charge is -2.44. The molecule has 3 saturated heterocycles. The number of methoxy groups -OCH3 is 2. The van der Waals surface area contributed by atoms with Gasteiger partial charge in [0.2, 0.25) is 5.78 Å². The summed E-state index contributed by atoms with van der Waals surface area (Å²) in [4.78, 5) is 43.8. The van der Waals surface area contributed by atoms with Gasteiger partial charge in [-0.25, -0.2) is 0 Å². The lowest BCUT2D eigenvalue weighted by Crippen LogP contribution is -2.61. The van der Waals surface area contributed by atoms with Gasteiger partial charge in [-0.1, -0.05) is 12.1 Å². The lowest BCUT2D eigenvalue weighted by atomic mass is 9.72. The number of amides is 1. The monoisotopic (exact) mass is 695 g/mol. The van der Waals surface area contributed by atoms with E-state index in [-0.39, 0.29) is 58.7 Å². The van der Waals surface area contributed by atoms with Gasteiger partial charge >= 0.3 is 0 Å². The average molecular weight is 696 g/mol. The van der Waals surface area contributed by atoms with Gasteiger partial charge in [-0.05, 0) is 25.8 Å². The molecule has 3 heterocycles. The number of ketones is 2. The van der Waals surface area contributed by atoms with Crippen molar-refractivity contribution in [3.8, 4) is 17.2 Å². The first-order chi connectivity index (χ1) is 23.9. The average Bonchev–Trinajstić information content (AvgIpc) is 3.49. The van der Waals surface area contributed by atoms with Crippen LogP contribution in [0.3, 0.4) is 0 Å². The molecule has 268 valence electrons. The Balaban J connectivity index is 1.19. The van der Waals surface area contributed by atoms with E-state index in [4.69, 9.17) is 34.2 Å². The fourth-order valence-corrected chi connectivity index (χ4v) is 8.51. The zero-order valence-electron chi connectivity index (χ0n) is 27.9. The molecule has 1 saturated carbocycles. The van der Waals surface area contributed by atoms with Crippen molar-refractivity contribution in [3.63, 3.8) is 0 Å². The number of ether oxygens (including phenoxy) is 6. The highest BCUT2D eigenvalue weighted by Crippen LogP contribution is 2.53. The first kappa shape index (κ1) is 33.5. The van der Waals surface area contributed by atoms with E-state index in [1.54, 1.807) is 13.2 Å². The number of benzene rings is 2. The van der Waals surface area contributed by atoms with E-state index < -0.39 is 83.1 Å². The number of nitrogens with zero attached hydrogens (tertiary/aromatic N) is 1. The number of aliphatic hydroxyl groups is 1. The summed E-state index contributed by atoms with van der Waals surface area (Å²) in [6.07, 6.45) is -3.14. The number of carbonyl (C=O) groups is 3. The first-order valence-corrected chi connectivity index (χ1v) is 17.0. The van der Waals surface area contributed by atoms with Crippen molar-refractivity contribution in [2.75, 3.05) is 27.4 Å². The maximum Gasteiger partial charge on any atom is 0.252 e. The fraction of sp³-hybridized carbons (Fsp3) is 0.571. The molecular weight excluding hydrogens is 654 g/mol. The number of morpholine rings is 1. The van der Waals surface area contributed by atoms with Crippen molar-refractivity contribution in [3.05, 3.63) is 51.6 Å². The Morgan fingerprint density at radius 1 is 1.08 bits per heavy atom. The molecular formula is C35H41N3O12. The molecule has 2 aromatic rings. The normalized spacial score (nSPS) is 36.0. The van der Waals surface area contributed by atoms with Crippen molar-refractivity contribution >= 4 is 17.5 Å². The van der Waals surface area contributed by atoms with Gasteiger partial charge in [0.1, 0.15) is 29.0 Å². The van der Waals surface area contributed by atoms with E-state index in [9.17, 15) is 29.7 Å². The van der Waals surface area contributed by atoms with Crippen molar-refractivity contribution in [2.45, 2.75) is 99.9 Å². The van der Waals surface area contributed by atoms with Crippen molar-refractivity contribution < 1.29 is 58.1 Å². The molecule has 10 atom stereocenters. The van der Waals surface area contributed by atoms with Crippen LogP contribution in [0, 0.1) is 0 Å². The minimum absolute atomic E-state index is 0.0108. The number of rotatable bonds is 6. The van der Waals surface area contributed by atoms with Gasteiger partial charge < -0.3 is 54.8 Å². The summed E-state index contributed by atoms with van der Waals surface area (Å²) in [6.45, 7) is 2.87. The van der Waals surface area contributed by atoms with Gasteiger partial charge in [-0.2, -0.15) is 0 Å². The van der Waals surface area contributed by atoms with Crippen LogP contribution in [0.25, 0.3) is 0 Å². The van der Waals surface area contributed by atoms with Crippen LogP contribution in [0.2, 0.25) is 0 Å². The molecule has 6 aliphatic rings. The second-order valence-electron chi connectivity index (χ2n) is 14.0. The molecule has 3 aliphatic carbocycles. The van der Waals surface area contributed by atoms with Crippen LogP contribution >= 0.6 is 0 Å². The largest absolute Gasteiger partial charge is 0.507 e. The first-order valence-electron chi connectivity index (χ1n) is 17.0. The molecule has 3 aliphatic heterocycles. The summed E-state index contributed by atoms with van der Waals surface area (Å²) in [6, 6.07) is 3.73. The van der Waals surface area contributed by atoms with Crippen molar-refractivity contribution in [1.29, 1.82) is 0 Å². The molecule has 50 heavy (non-hydrogen) atoms. The third kappa shape index (κ3) is 4.98. The third-order valence-electron chi connectivity index (χ3n) is 11.2.